The van der Waals surface area contributed by atoms with Crippen molar-refractivity contribution < 1.29 is 23.3 Å². The van der Waals surface area contributed by atoms with Gasteiger partial charge in [-0.05, 0) is 212 Å². The average Bonchev–Trinajstić information content (AvgIpc) is 1.59. The summed E-state index contributed by atoms with van der Waals surface area (Å²) < 4.78 is 34.1. The van der Waals surface area contributed by atoms with Crippen molar-refractivity contribution in [1.29, 1.82) is 0 Å². The lowest BCUT2D eigenvalue weighted by molar-refractivity contribution is -0.744. The van der Waals surface area contributed by atoms with Crippen LogP contribution in [0.4, 0.5) is 0 Å². The van der Waals surface area contributed by atoms with E-state index in [2.05, 4.69) is 631 Å². The van der Waals surface area contributed by atoms with Crippen LogP contribution in [0.5, 0.6) is 0 Å². The summed E-state index contributed by atoms with van der Waals surface area (Å²) in [5, 5.41) is 5.15. The van der Waals surface area contributed by atoms with Crippen molar-refractivity contribution >= 4 is 43.6 Å². The fourth-order valence-corrected chi connectivity index (χ4v) is 22.3. The van der Waals surface area contributed by atoms with Gasteiger partial charge in [-0.15, -0.1) is 37.5 Å². The van der Waals surface area contributed by atoms with Gasteiger partial charge in [-0.1, -0.05) is 324 Å². The minimum absolute atomic E-state index is 0.379. The molecule has 0 saturated heterocycles. The van der Waals surface area contributed by atoms with Gasteiger partial charge in [0.15, 0.2) is 76.2 Å². The molecule has 0 fully saturated rings. The smallest absolute Gasteiger partial charge is 0.309 e. The molecule has 0 bridgehead atoms. The Morgan fingerprint density at radius 1 is 0.230 bits per heavy atom. The molecule has 0 aliphatic heterocycles. The van der Waals surface area contributed by atoms with Crippen LogP contribution in [0.2, 0.25) is 0 Å². The van der Waals surface area contributed by atoms with E-state index in [1.165, 1.54) is 207 Å². The molecule has 0 unspecified atom stereocenters. The molecule has 23 aromatic rings. The first kappa shape index (κ1) is 100. The van der Waals surface area contributed by atoms with E-state index in [4.69, 9.17) is 0 Å². The van der Waals surface area contributed by atoms with Crippen LogP contribution >= 0.6 is 0 Å². The highest BCUT2D eigenvalue weighted by molar-refractivity contribution is 5.97. The maximum absolute atomic E-state index is 2.50. The van der Waals surface area contributed by atoms with Crippen molar-refractivity contribution in [1.82, 2.24) is 46.1 Å². The molecular formula is C133H140N15+5. The van der Waals surface area contributed by atoms with Crippen molar-refractivity contribution in [2.24, 2.45) is 35.2 Å². The van der Waals surface area contributed by atoms with Gasteiger partial charge in [0.1, 0.15) is 23.8 Å². The SMILES string of the molecule is Cc1c(-n2ccc[n+]2C)n(-c2c(-c3ccccc3)cccc2-c2ccccc2)c2ccccc12.Cc1c(-n2ccc[n+]2C)n(-c2c(C(C)C)cc(-c3ccccc3)cc2C(C)C)c2ccccc12.Cc1c(-n2ccc[n+]2C)n(-c2c(C(C)C)cccc2C(C)C)c2ccccc12.Cc1c(-n2ccc[n+]2C)n(-c2ccccc2C(C)C)c2ccccc12.Cc1cc(C)c(-n2ccc(C)c2-c2n(-c3ccccc3)cc[n+]2C)c(C)c1. The molecule has 10 heterocycles. The van der Waals surface area contributed by atoms with Gasteiger partial charge in [-0.2, -0.15) is 4.57 Å². The molecule has 0 radical (unpaired) electrons. The minimum Gasteiger partial charge on any atom is -0.309 e. The number of imidazole rings is 1. The molecule has 0 N–H and O–H groups in total. The van der Waals surface area contributed by atoms with Crippen LogP contribution in [0, 0.1) is 55.4 Å². The monoisotopic (exact) mass is 1950 g/mol. The standard InChI is InChI=1S/C31H26N3.C31H34N3.C25H30N3.C24H26N3.C22H24N3/c1-23-26-17-9-10-20-29(26)34(31(23)33-22-12-21-32(33)2)30-27(24-13-5-3-6-14-24)18-11-19-28(30)25-15-7-4-8-16-25;1-21(2)27-19-25(24-13-8-7-9-14-24)20-28(22(3)4)30(27)34-29-16-11-10-15-26(29)23(5)31(34)33-18-12-17-32(33)6;1-17(2)20-12-9-13-21(18(3)4)24(20)28-23-14-8-7-11-22(23)19(5)25(28)27-16-10-15-26(27)6;1-17-15-19(3)22(20(4)16-17)27-12-11-18(2)23(27)24-25(5)13-14-26(24)21-9-7-6-8-10-21;1-16(2)18-10-5-7-12-20(18)25-21-13-8-6-11-19(21)17(3)22(25)24-15-9-14-23(24)4/h3-22H,1-2H3;7-22H,1-6H3;7-18H,1-6H3;6-16H,1-5H3;5-16H,1-4H3/q5*+1. The maximum atomic E-state index is 2.50. The molecule has 148 heavy (non-hydrogen) atoms. The van der Waals surface area contributed by atoms with E-state index in [0.717, 1.165) is 11.5 Å². The van der Waals surface area contributed by atoms with Crippen LogP contribution in [-0.2, 0) is 35.2 Å². The van der Waals surface area contributed by atoms with Gasteiger partial charge in [0, 0.05) is 85.4 Å². The number of para-hydroxylation sites is 8. The van der Waals surface area contributed by atoms with Crippen LogP contribution in [0.25, 0.3) is 146 Å². The summed E-state index contributed by atoms with van der Waals surface area (Å²) >= 11 is 0. The molecule has 0 amide bonds. The molecule has 15 heteroatoms. The largest absolute Gasteiger partial charge is 0.311 e. The normalized spacial score (nSPS) is 11.5. The molecule has 10 aromatic heterocycles. The quantitative estimate of drug-likeness (QED) is 0.0724. The van der Waals surface area contributed by atoms with Crippen LogP contribution in [-0.4, -0.2) is 46.1 Å². The number of aryl methyl sites for hydroxylation is 13. The summed E-state index contributed by atoms with van der Waals surface area (Å²) in [6.07, 6.45) is 23.4. The zero-order chi connectivity index (χ0) is 104. The Morgan fingerprint density at radius 3 is 0.939 bits per heavy atom. The Hall–Kier alpha value is -16.7. The second-order valence-electron chi connectivity index (χ2n) is 41.2. The lowest BCUT2D eigenvalue weighted by Gasteiger charge is -2.24. The second kappa shape index (κ2) is 42.6. The van der Waals surface area contributed by atoms with Gasteiger partial charge in [-0.25, -0.2) is 4.57 Å². The topological polar surface area (TPSA) is 68.7 Å². The highest BCUT2D eigenvalue weighted by atomic mass is 15.4. The van der Waals surface area contributed by atoms with Crippen molar-refractivity contribution in [3.63, 3.8) is 0 Å². The van der Waals surface area contributed by atoms with Crippen LogP contribution in [0.3, 0.4) is 0 Å². The molecule has 0 spiro atoms. The first-order valence-corrected chi connectivity index (χ1v) is 52.2. The van der Waals surface area contributed by atoms with E-state index in [9.17, 15) is 0 Å². The van der Waals surface area contributed by atoms with Gasteiger partial charge < -0.3 is 4.57 Å². The molecule has 0 aliphatic carbocycles. The summed E-state index contributed by atoms with van der Waals surface area (Å²) in [6.45, 7) is 40.6. The number of nitrogens with zero attached hydrogens (tertiary/aromatic N) is 15. The zero-order valence-electron chi connectivity index (χ0n) is 90.2. The summed E-state index contributed by atoms with van der Waals surface area (Å²) in [5.74, 6) is 8.03. The Kier molecular flexibility index (Phi) is 28.8. The van der Waals surface area contributed by atoms with Gasteiger partial charge in [0.25, 0.3) is 0 Å². The highest BCUT2D eigenvalue weighted by Crippen LogP contribution is 2.46. The molecule has 0 aliphatic rings. The zero-order valence-corrected chi connectivity index (χ0v) is 90.2. The maximum Gasteiger partial charge on any atom is 0.311 e. The number of benzene rings is 13. The van der Waals surface area contributed by atoms with E-state index in [1.807, 2.05) is 0 Å². The first-order valence-electron chi connectivity index (χ1n) is 52.2. The summed E-state index contributed by atoms with van der Waals surface area (Å²) in [6, 6.07) is 120. The fraction of sp³-hybridized carbons (Fsp3) is 0.211. The Morgan fingerprint density at radius 2 is 0.554 bits per heavy atom. The third kappa shape index (κ3) is 18.8. The van der Waals surface area contributed by atoms with Gasteiger partial charge in [0.2, 0.25) is 0 Å². The molecule has 15 nitrogen and oxygen atoms in total. The van der Waals surface area contributed by atoms with Crippen molar-refractivity contribution in [2.75, 3.05) is 0 Å². The summed E-state index contributed by atoms with van der Waals surface area (Å²) in [4.78, 5) is 0. The Balaban J connectivity index is 0.000000117. The predicted octanol–water partition coefficient (Wildman–Crippen LogP) is 29.8. The van der Waals surface area contributed by atoms with Gasteiger partial charge in [-0.3, -0.25) is 18.3 Å². The highest BCUT2D eigenvalue weighted by Gasteiger charge is 2.33. The molecule has 742 valence electrons. The number of fused-ring (bicyclic) bond motifs is 4. The Bertz CT molecular complexity index is 8570. The molecule has 23 rings (SSSR count). The second-order valence-corrected chi connectivity index (χ2v) is 41.2. The fourth-order valence-electron chi connectivity index (χ4n) is 22.3. The number of hydrogen-bond donors (Lipinski definition) is 0. The Labute approximate surface area is 873 Å². The van der Waals surface area contributed by atoms with E-state index >= 15 is 0 Å². The average molecular weight is 1950 g/mol. The van der Waals surface area contributed by atoms with E-state index < -0.39 is 0 Å². The van der Waals surface area contributed by atoms with E-state index in [1.54, 1.807) is 0 Å². The molecule has 0 saturated carbocycles. The van der Waals surface area contributed by atoms with Crippen LogP contribution in [0.1, 0.15) is 171 Å². The molecule has 0 atom stereocenters. The van der Waals surface area contributed by atoms with Crippen molar-refractivity contribution in [3.05, 3.63) is 474 Å². The molecular weight excluding hydrogens is 1810 g/mol. The van der Waals surface area contributed by atoms with E-state index in [0.29, 0.717) is 29.6 Å². The number of hydrogen-bond acceptors (Lipinski definition) is 0. The minimum atomic E-state index is 0.379. The third-order valence-corrected chi connectivity index (χ3v) is 29.5. The lowest BCUT2D eigenvalue weighted by atomic mass is 9.88. The number of rotatable bonds is 19. The van der Waals surface area contributed by atoms with E-state index in [-0.39, 0.29) is 0 Å². The van der Waals surface area contributed by atoms with Crippen molar-refractivity contribution in [3.8, 4) is 102 Å². The molecule has 13 aromatic carbocycles. The van der Waals surface area contributed by atoms with Crippen LogP contribution < -0.4 is 23.3 Å². The third-order valence-electron chi connectivity index (χ3n) is 29.5. The summed E-state index contributed by atoms with van der Waals surface area (Å²) in [7, 11) is 10.5. The number of aromatic nitrogens is 15. The first-order chi connectivity index (χ1) is 71.6. The van der Waals surface area contributed by atoms with Gasteiger partial charge in [0.05, 0.1) is 82.3 Å². The summed E-state index contributed by atoms with van der Waals surface area (Å²) in [5.41, 5.74) is 38.3. The van der Waals surface area contributed by atoms with Gasteiger partial charge >= 0.3 is 5.82 Å². The lowest BCUT2D eigenvalue weighted by Crippen LogP contribution is -2.38. The van der Waals surface area contributed by atoms with Crippen LogP contribution in [0.15, 0.2) is 402 Å². The van der Waals surface area contributed by atoms with Crippen molar-refractivity contribution in [2.45, 2.75) is 154 Å². The predicted molar refractivity (Wildman–Crippen MR) is 611 cm³/mol.